The van der Waals surface area contributed by atoms with E-state index in [4.69, 9.17) is 9.47 Å². The Hall–Kier alpha value is -1.02. The smallest absolute Gasteiger partial charge is 0.196 e. The van der Waals surface area contributed by atoms with E-state index in [0.717, 1.165) is 18.8 Å². The Morgan fingerprint density at radius 1 is 1.00 bits per heavy atom. The molecule has 2 unspecified atom stereocenters. The molecule has 0 aliphatic heterocycles. The van der Waals surface area contributed by atoms with Crippen LogP contribution < -0.4 is 4.74 Å². The molecule has 0 bridgehead atoms. The maximum Gasteiger partial charge on any atom is 0.196 e. The number of benzene rings is 1. The van der Waals surface area contributed by atoms with Crippen LogP contribution in [-0.2, 0) is 4.74 Å². The van der Waals surface area contributed by atoms with E-state index in [9.17, 15) is 0 Å². The summed E-state index contributed by atoms with van der Waals surface area (Å²) >= 11 is 0. The van der Waals surface area contributed by atoms with E-state index in [0.29, 0.717) is 11.8 Å². The minimum absolute atomic E-state index is 0.195. The second-order valence-corrected chi connectivity index (χ2v) is 7.21. The van der Waals surface area contributed by atoms with Crippen molar-refractivity contribution in [3.63, 3.8) is 0 Å². The van der Waals surface area contributed by atoms with E-state index < -0.39 is 0 Å². The maximum absolute atomic E-state index is 5.78. The van der Waals surface area contributed by atoms with E-state index in [2.05, 4.69) is 65.8 Å². The van der Waals surface area contributed by atoms with E-state index in [1.54, 1.807) is 0 Å². The zero-order chi connectivity index (χ0) is 16.0. The number of hydrogen-bond acceptors (Lipinski definition) is 2. The summed E-state index contributed by atoms with van der Waals surface area (Å²) in [5.41, 5.74) is 1.64. The van der Waals surface area contributed by atoms with Crippen molar-refractivity contribution in [3.05, 3.63) is 29.8 Å². The molecule has 0 saturated carbocycles. The first-order chi connectivity index (χ1) is 9.75. The van der Waals surface area contributed by atoms with Crippen molar-refractivity contribution in [2.75, 3.05) is 6.61 Å². The van der Waals surface area contributed by atoms with Gasteiger partial charge < -0.3 is 9.47 Å². The number of rotatable bonds is 7. The van der Waals surface area contributed by atoms with Gasteiger partial charge in [-0.25, -0.2) is 0 Å². The molecule has 0 N–H and O–H groups in total. The van der Waals surface area contributed by atoms with Crippen molar-refractivity contribution < 1.29 is 9.47 Å². The van der Waals surface area contributed by atoms with E-state index in [1.165, 1.54) is 5.56 Å². The SMILES string of the molecule is CCCOC(C)Oc1ccc(C(C(C)C)C(C)(C)C)cc1. The van der Waals surface area contributed by atoms with Crippen LogP contribution in [0.2, 0.25) is 0 Å². The van der Waals surface area contributed by atoms with Gasteiger partial charge in [-0.3, -0.25) is 0 Å². The lowest BCUT2D eigenvalue weighted by atomic mass is 9.70. The first-order valence-corrected chi connectivity index (χ1v) is 8.14. The largest absolute Gasteiger partial charge is 0.465 e. The monoisotopic (exact) mass is 292 g/mol. The Kier molecular flexibility index (Phi) is 6.73. The van der Waals surface area contributed by atoms with Crippen molar-refractivity contribution in [3.8, 4) is 5.75 Å². The molecule has 0 saturated heterocycles. The normalized spacial score (nSPS) is 15.0. The Balaban J connectivity index is 2.77. The summed E-state index contributed by atoms with van der Waals surface area (Å²) in [5.74, 6) is 2.03. The first kappa shape index (κ1) is 18.0. The zero-order valence-electron chi connectivity index (χ0n) is 14.8. The molecular weight excluding hydrogens is 260 g/mol. The van der Waals surface area contributed by atoms with Crippen molar-refractivity contribution >= 4 is 0 Å². The minimum Gasteiger partial charge on any atom is -0.465 e. The molecule has 1 rings (SSSR count). The Bertz CT molecular complexity index is 401. The molecule has 0 fully saturated rings. The van der Waals surface area contributed by atoms with Crippen LogP contribution in [0.3, 0.4) is 0 Å². The molecular formula is C19H32O2. The van der Waals surface area contributed by atoms with Gasteiger partial charge in [0.25, 0.3) is 0 Å². The molecule has 0 amide bonds. The topological polar surface area (TPSA) is 18.5 Å². The Morgan fingerprint density at radius 2 is 1.57 bits per heavy atom. The molecule has 2 atom stereocenters. The third-order valence-electron chi connectivity index (χ3n) is 3.70. The van der Waals surface area contributed by atoms with Crippen LogP contribution in [0.4, 0.5) is 0 Å². The van der Waals surface area contributed by atoms with Crippen molar-refractivity contribution in [1.82, 2.24) is 0 Å². The molecule has 2 nitrogen and oxygen atoms in total. The molecule has 0 aliphatic rings. The van der Waals surface area contributed by atoms with Crippen molar-refractivity contribution in [2.24, 2.45) is 11.3 Å². The fraction of sp³-hybridized carbons (Fsp3) is 0.684. The first-order valence-electron chi connectivity index (χ1n) is 8.14. The molecule has 0 heterocycles. The lowest BCUT2D eigenvalue weighted by Gasteiger charge is -2.34. The molecule has 21 heavy (non-hydrogen) atoms. The lowest BCUT2D eigenvalue weighted by molar-refractivity contribution is -0.0663. The van der Waals surface area contributed by atoms with Crippen LogP contribution in [0.25, 0.3) is 0 Å². The Morgan fingerprint density at radius 3 is 2.00 bits per heavy atom. The predicted octanol–water partition coefficient (Wildman–Crippen LogP) is 5.62. The average molecular weight is 292 g/mol. The molecule has 0 aliphatic carbocycles. The quantitative estimate of drug-likeness (QED) is 0.607. The summed E-state index contributed by atoms with van der Waals surface area (Å²) in [6.07, 6.45) is 0.813. The van der Waals surface area contributed by atoms with E-state index in [-0.39, 0.29) is 11.7 Å². The number of ether oxygens (including phenoxy) is 2. The van der Waals surface area contributed by atoms with Gasteiger partial charge in [-0.05, 0) is 48.3 Å². The maximum atomic E-state index is 5.78. The van der Waals surface area contributed by atoms with Gasteiger partial charge in [0.05, 0.1) is 6.61 Å². The summed E-state index contributed by atoms with van der Waals surface area (Å²) in [7, 11) is 0. The lowest BCUT2D eigenvalue weighted by Crippen LogP contribution is -2.23. The molecule has 1 aromatic rings. The van der Waals surface area contributed by atoms with Gasteiger partial charge in [0.2, 0.25) is 0 Å². The summed E-state index contributed by atoms with van der Waals surface area (Å²) in [4.78, 5) is 0. The molecule has 0 radical (unpaired) electrons. The van der Waals surface area contributed by atoms with Gasteiger partial charge in [0.1, 0.15) is 5.75 Å². The van der Waals surface area contributed by atoms with E-state index in [1.807, 2.05) is 6.92 Å². The second-order valence-electron chi connectivity index (χ2n) is 7.21. The zero-order valence-corrected chi connectivity index (χ0v) is 14.8. The average Bonchev–Trinajstić information content (AvgIpc) is 2.36. The van der Waals surface area contributed by atoms with Gasteiger partial charge in [-0.2, -0.15) is 0 Å². The summed E-state index contributed by atoms with van der Waals surface area (Å²) in [6.45, 7) is 16.3. The fourth-order valence-corrected chi connectivity index (χ4v) is 3.15. The molecule has 120 valence electrons. The summed E-state index contributed by atoms with van der Waals surface area (Å²) < 4.78 is 11.3. The highest BCUT2D eigenvalue weighted by Crippen LogP contribution is 2.40. The van der Waals surface area contributed by atoms with Crippen LogP contribution in [0.1, 0.15) is 66.4 Å². The van der Waals surface area contributed by atoms with Crippen molar-refractivity contribution in [1.29, 1.82) is 0 Å². The molecule has 0 aromatic heterocycles. The predicted molar refractivity (Wildman–Crippen MR) is 89.8 cm³/mol. The third-order valence-corrected chi connectivity index (χ3v) is 3.70. The highest BCUT2D eigenvalue weighted by atomic mass is 16.7. The van der Waals surface area contributed by atoms with Crippen LogP contribution in [-0.4, -0.2) is 12.9 Å². The van der Waals surface area contributed by atoms with Crippen molar-refractivity contribution in [2.45, 2.75) is 67.1 Å². The van der Waals surface area contributed by atoms with Crippen LogP contribution >= 0.6 is 0 Å². The standard InChI is InChI=1S/C19H32O2/c1-8-13-20-15(4)21-17-11-9-16(10-12-17)18(14(2)3)19(5,6)7/h9-12,14-15,18H,8,13H2,1-7H3. The summed E-state index contributed by atoms with van der Waals surface area (Å²) in [6, 6.07) is 8.50. The van der Waals surface area contributed by atoms with Gasteiger partial charge >= 0.3 is 0 Å². The highest BCUT2D eigenvalue weighted by Gasteiger charge is 2.28. The van der Waals surface area contributed by atoms with Crippen LogP contribution in [0.5, 0.6) is 5.75 Å². The number of hydrogen-bond donors (Lipinski definition) is 0. The van der Waals surface area contributed by atoms with Gasteiger partial charge in [-0.15, -0.1) is 0 Å². The van der Waals surface area contributed by atoms with Gasteiger partial charge in [0, 0.05) is 0 Å². The van der Waals surface area contributed by atoms with Crippen LogP contribution in [0.15, 0.2) is 24.3 Å². The van der Waals surface area contributed by atoms with Gasteiger partial charge in [0.15, 0.2) is 6.29 Å². The molecule has 2 heteroatoms. The minimum atomic E-state index is -0.195. The highest BCUT2D eigenvalue weighted by molar-refractivity contribution is 5.30. The third kappa shape index (κ3) is 5.70. The molecule has 0 spiro atoms. The fourth-order valence-electron chi connectivity index (χ4n) is 3.15. The van der Waals surface area contributed by atoms with Gasteiger partial charge in [-0.1, -0.05) is 53.7 Å². The Labute approximate surface area is 130 Å². The van der Waals surface area contributed by atoms with Crippen LogP contribution in [0, 0.1) is 11.3 Å². The molecule has 1 aromatic carbocycles. The van der Waals surface area contributed by atoms with E-state index >= 15 is 0 Å². The summed E-state index contributed by atoms with van der Waals surface area (Å²) in [5, 5.41) is 0. The second kappa shape index (κ2) is 7.84.